The number of nitrogens with zero attached hydrogens (tertiary/aromatic N) is 3. The fourth-order valence-corrected chi connectivity index (χ4v) is 4.21. The van der Waals surface area contributed by atoms with Gasteiger partial charge in [0.1, 0.15) is 0 Å². The maximum atomic E-state index is 4.40. The summed E-state index contributed by atoms with van der Waals surface area (Å²) in [5.74, 6) is 0.932. The van der Waals surface area contributed by atoms with Gasteiger partial charge in [-0.15, -0.1) is 24.0 Å². The van der Waals surface area contributed by atoms with Crippen LogP contribution in [0.1, 0.15) is 56.2 Å². The quantitative estimate of drug-likeness (QED) is 0.381. The van der Waals surface area contributed by atoms with E-state index in [1.54, 1.807) is 0 Å². The van der Waals surface area contributed by atoms with Crippen molar-refractivity contribution in [2.45, 2.75) is 70.4 Å². The van der Waals surface area contributed by atoms with Gasteiger partial charge in [-0.2, -0.15) is 0 Å². The average molecular weight is 485 g/mol. The van der Waals surface area contributed by atoms with Crippen LogP contribution in [0, 0.1) is 6.92 Å². The third-order valence-electron chi connectivity index (χ3n) is 5.86. The Balaban J connectivity index is 0.00000261. The summed E-state index contributed by atoms with van der Waals surface area (Å²) in [5.41, 5.74) is 2.33. The van der Waals surface area contributed by atoms with Crippen molar-refractivity contribution < 1.29 is 0 Å². The Labute approximate surface area is 181 Å². The molecule has 27 heavy (non-hydrogen) atoms. The second-order valence-corrected chi connectivity index (χ2v) is 7.80. The Hall–Kier alpha value is -0.890. The maximum absolute atomic E-state index is 4.40. The van der Waals surface area contributed by atoms with Crippen molar-refractivity contribution in [3.8, 4) is 0 Å². The number of aromatic nitrogens is 1. The van der Waals surface area contributed by atoms with Gasteiger partial charge in [-0.1, -0.05) is 25.3 Å². The average Bonchev–Trinajstić information content (AvgIpc) is 2.70. The first kappa shape index (κ1) is 22.4. The number of guanidine groups is 1. The largest absolute Gasteiger partial charge is 0.356 e. The van der Waals surface area contributed by atoms with Crippen molar-refractivity contribution in [3.63, 3.8) is 0 Å². The lowest BCUT2D eigenvalue weighted by Gasteiger charge is -2.39. The van der Waals surface area contributed by atoms with Gasteiger partial charge in [0.15, 0.2) is 5.96 Å². The SMILES string of the molecule is CN=C(NCCc1ccc(C)nc1)NC1CCN(C2CCCCC2)CC1.I. The second kappa shape index (κ2) is 11.8. The number of nitrogens with one attached hydrogen (secondary N) is 2. The van der Waals surface area contributed by atoms with Gasteiger partial charge in [-0.3, -0.25) is 9.98 Å². The number of likely N-dealkylation sites (tertiary alicyclic amines) is 1. The third-order valence-corrected chi connectivity index (χ3v) is 5.86. The molecule has 1 saturated heterocycles. The highest BCUT2D eigenvalue weighted by molar-refractivity contribution is 14.0. The first-order chi connectivity index (χ1) is 12.7. The van der Waals surface area contributed by atoms with Gasteiger partial charge >= 0.3 is 0 Å². The van der Waals surface area contributed by atoms with Gasteiger partial charge in [0.25, 0.3) is 0 Å². The van der Waals surface area contributed by atoms with Crippen LogP contribution in [-0.4, -0.2) is 54.6 Å². The third kappa shape index (κ3) is 7.22. The van der Waals surface area contributed by atoms with E-state index in [1.807, 2.05) is 20.2 Å². The summed E-state index contributed by atoms with van der Waals surface area (Å²) < 4.78 is 0. The standard InChI is InChI=1S/C21H35N5.HI/c1-17-8-9-18(16-24-17)10-13-23-21(22-2)25-19-11-14-26(15-12-19)20-6-4-3-5-7-20;/h8-9,16,19-20H,3-7,10-15H2,1-2H3,(H2,22,23,25);1H. The fourth-order valence-electron chi connectivity index (χ4n) is 4.21. The molecule has 152 valence electrons. The highest BCUT2D eigenvalue weighted by atomic mass is 127. The molecule has 3 rings (SSSR count). The Morgan fingerprint density at radius 3 is 2.52 bits per heavy atom. The molecule has 0 amide bonds. The number of hydrogen-bond donors (Lipinski definition) is 2. The van der Waals surface area contributed by atoms with E-state index < -0.39 is 0 Å². The first-order valence-corrected chi connectivity index (χ1v) is 10.4. The van der Waals surface area contributed by atoms with Crippen LogP contribution in [-0.2, 0) is 6.42 Å². The molecule has 2 fully saturated rings. The van der Waals surface area contributed by atoms with Crippen LogP contribution < -0.4 is 10.6 Å². The normalized spacial score (nSPS) is 20.1. The predicted molar refractivity (Wildman–Crippen MR) is 124 cm³/mol. The Morgan fingerprint density at radius 1 is 1.15 bits per heavy atom. The molecule has 1 aromatic rings. The molecule has 2 N–H and O–H groups in total. The van der Waals surface area contributed by atoms with Crippen LogP contribution in [0.25, 0.3) is 0 Å². The molecule has 0 atom stereocenters. The van der Waals surface area contributed by atoms with Gasteiger partial charge in [0, 0.05) is 50.7 Å². The van der Waals surface area contributed by atoms with Crippen molar-refractivity contribution in [1.82, 2.24) is 20.5 Å². The van der Waals surface area contributed by atoms with E-state index in [1.165, 1.54) is 63.6 Å². The molecule has 2 heterocycles. The molecule has 0 aromatic carbocycles. The summed E-state index contributed by atoms with van der Waals surface area (Å²) >= 11 is 0. The van der Waals surface area contributed by atoms with E-state index in [-0.39, 0.29) is 24.0 Å². The topological polar surface area (TPSA) is 52.6 Å². The number of pyridine rings is 1. The van der Waals surface area contributed by atoms with E-state index in [0.717, 1.165) is 30.7 Å². The molecule has 0 spiro atoms. The number of rotatable bonds is 5. The van der Waals surface area contributed by atoms with Crippen LogP contribution in [0.4, 0.5) is 0 Å². The highest BCUT2D eigenvalue weighted by Crippen LogP contribution is 2.25. The molecule has 1 aliphatic heterocycles. The van der Waals surface area contributed by atoms with Gasteiger partial charge in [-0.05, 0) is 50.7 Å². The molecule has 1 saturated carbocycles. The molecule has 0 radical (unpaired) electrons. The van der Waals surface area contributed by atoms with Crippen LogP contribution in [0.2, 0.25) is 0 Å². The first-order valence-electron chi connectivity index (χ1n) is 10.4. The Bertz CT molecular complexity index is 560. The lowest BCUT2D eigenvalue weighted by atomic mass is 9.92. The zero-order chi connectivity index (χ0) is 18.2. The van der Waals surface area contributed by atoms with Crippen LogP contribution in [0.15, 0.2) is 23.3 Å². The zero-order valence-electron chi connectivity index (χ0n) is 16.9. The minimum Gasteiger partial charge on any atom is -0.356 e. The van der Waals surface area contributed by atoms with Crippen molar-refractivity contribution >= 4 is 29.9 Å². The summed E-state index contributed by atoms with van der Waals surface area (Å²) in [5, 5.41) is 7.07. The Kier molecular flexibility index (Phi) is 9.82. The van der Waals surface area contributed by atoms with Crippen LogP contribution in [0.5, 0.6) is 0 Å². The summed E-state index contributed by atoms with van der Waals surface area (Å²) in [7, 11) is 1.86. The highest BCUT2D eigenvalue weighted by Gasteiger charge is 2.26. The lowest BCUT2D eigenvalue weighted by molar-refractivity contribution is 0.119. The van der Waals surface area contributed by atoms with E-state index in [9.17, 15) is 0 Å². The second-order valence-electron chi connectivity index (χ2n) is 7.80. The van der Waals surface area contributed by atoms with Gasteiger partial charge in [0.05, 0.1) is 0 Å². The minimum atomic E-state index is 0. The van der Waals surface area contributed by atoms with Gasteiger partial charge in [-0.25, -0.2) is 0 Å². The maximum Gasteiger partial charge on any atom is 0.191 e. The monoisotopic (exact) mass is 485 g/mol. The predicted octanol–water partition coefficient (Wildman–Crippen LogP) is 3.51. The fraction of sp³-hybridized carbons (Fsp3) is 0.714. The van der Waals surface area contributed by atoms with Crippen molar-refractivity contribution in [2.75, 3.05) is 26.7 Å². The molecular formula is C21H36IN5. The van der Waals surface area contributed by atoms with Crippen LogP contribution in [0.3, 0.4) is 0 Å². The van der Waals surface area contributed by atoms with Crippen molar-refractivity contribution in [2.24, 2.45) is 4.99 Å². The van der Waals surface area contributed by atoms with E-state index in [4.69, 9.17) is 0 Å². The summed E-state index contributed by atoms with van der Waals surface area (Å²) in [6, 6.07) is 5.62. The molecule has 6 heteroatoms. The van der Waals surface area contributed by atoms with E-state index in [2.05, 4.69) is 37.6 Å². The number of halogens is 1. The molecule has 1 aromatic heterocycles. The number of piperidine rings is 1. The Morgan fingerprint density at radius 2 is 1.89 bits per heavy atom. The molecule has 0 unspecified atom stereocenters. The summed E-state index contributed by atoms with van der Waals surface area (Å²) in [6.45, 7) is 5.36. The summed E-state index contributed by atoms with van der Waals surface area (Å²) in [4.78, 5) is 11.5. The van der Waals surface area contributed by atoms with Crippen molar-refractivity contribution in [1.29, 1.82) is 0 Å². The molecule has 0 bridgehead atoms. The molecule has 1 aliphatic carbocycles. The van der Waals surface area contributed by atoms with Crippen LogP contribution >= 0.6 is 24.0 Å². The van der Waals surface area contributed by atoms with E-state index >= 15 is 0 Å². The van der Waals surface area contributed by atoms with E-state index in [0.29, 0.717) is 6.04 Å². The molecule has 5 nitrogen and oxygen atoms in total. The van der Waals surface area contributed by atoms with Gasteiger partial charge in [0.2, 0.25) is 0 Å². The summed E-state index contributed by atoms with van der Waals surface area (Å²) in [6.07, 6.45) is 12.5. The van der Waals surface area contributed by atoms with Crippen molar-refractivity contribution in [3.05, 3.63) is 29.6 Å². The molecular weight excluding hydrogens is 449 g/mol. The number of aryl methyl sites for hydroxylation is 1. The van der Waals surface area contributed by atoms with Gasteiger partial charge < -0.3 is 15.5 Å². The number of hydrogen-bond acceptors (Lipinski definition) is 3. The zero-order valence-corrected chi connectivity index (χ0v) is 19.2. The minimum absolute atomic E-state index is 0. The molecule has 2 aliphatic rings. The number of aliphatic imine (C=N–C) groups is 1. The smallest absolute Gasteiger partial charge is 0.191 e. The lowest BCUT2D eigenvalue weighted by Crippen LogP contribution is -2.51.